The Morgan fingerprint density at radius 2 is 1.55 bits per heavy atom. The molecule has 3 saturated heterocycles. The fourth-order valence-electron chi connectivity index (χ4n) is 8.26. The maximum atomic E-state index is 13.3. The molecule has 10 nitrogen and oxygen atoms in total. The van der Waals surface area contributed by atoms with Gasteiger partial charge in [0.2, 0.25) is 0 Å². The number of hydrogen-bond acceptors (Lipinski definition) is 7. The maximum absolute atomic E-state index is 13.3. The summed E-state index contributed by atoms with van der Waals surface area (Å²) >= 11 is 0. The molecule has 3 amide bonds. The van der Waals surface area contributed by atoms with E-state index in [4.69, 9.17) is 10.5 Å². The van der Waals surface area contributed by atoms with Gasteiger partial charge >= 0.3 is 6.09 Å². The number of likely N-dealkylation sites (tertiary alicyclic amines) is 3. The largest absolute Gasteiger partial charge is 0.433 e. The molecular weight excluding hydrogens is 556 g/mol. The van der Waals surface area contributed by atoms with E-state index in [1.165, 1.54) is 11.9 Å². The normalized spacial score (nSPS) is 24.3. The van der Waals surface area contributed by atoms with Crippen LogP contribution in [-0.4, -0.2) is 94.0 Å². The number of aromatic nitrogens is 2. The van der Waals surface area contributed by atoms with E-state index < -0.39 is 17.6 Å². The maximum Gasteiger partial charge on any atom is 0.410 e. The molecule has 1 aromatic heterocycles. The number of nitrogens with zero attached hydrogens (tertiary/aromatic N) is 5. The molecule has 6 rings (SSSR count). The molecule has 3 aliphatic heterocycles. The molecular formula is C34H46N6O4. The van der Waals surface area contributed by atoms with Gasteiger partial charge in [0.1, 0.15) is 6.33 Å². The molecule has 4 fully saturated rings. The van der Waals surface area contributed by atoms with Gasteiger partial charge in [-0.3, -0.25) is 9.59 Å². The molecule has 2 N–H and O–H groups in total. The van der Waals surface area contributed by atoms with E-state index in [9.17, 15) is 14.4 Å². The highest BCUT2D eigenvalue weighted by Gasteiger charge is 2.45. The van der Waals surface area contributed by atoms with Crippen LogP contribution in [0.25, 0.3) is 0 Å². The Hall–Kier alpha value is -3.53. The molecule has 3 unspecified atom stereocenters. The number of fused-ring (bicyclic) bond motifs is 1. The van der Waals surface area contributed by atoms with E-state index in [0.29, 0.717) is 55.2 Å². The zero-order valence-electron chi connectivity index (χ0n) is 26.1. The van der Waals surface area contributed by atoms with Crippen LogP contribution in [0.2, 0.25) is 0 Å². The minimum Gasteiger partial charge on any atom is -0.433 e. The number of carbonyl (C=O) groups excluding carboxylic acids is 3. The first kappa shape index (κ1) is 30.5. The number of primary amides is 1. The highest BCUT2D eigenvalue weighted by molar-refractivity contribution is 5.96. The monoisotopic (exact) mass is 602 g/mol. The Labute approximate surface area is 260 Å². The molecule has 10 heteroatoms. The first-order valence-corrected chi connectivity index (χ1v) is 16.4. The summed E-state index contributed by atoms with van der Waals surface area (Å²) in [7, 11) is 0. The van der Waals surface area contributed by atoms with Crippen LogP contribution in [0.15, 0.2) is 36.7 Å². The van der Waals surface area contributed by atoms with Crippen LogP contribution in [0.3, 0.4) is 0 Å². The van der Waals surface area contributed by atoms with Gasteiger partial charge in [0, 0.05) is 39.3 Å². The lowest BCUT2D eigenvalue weighted by Crippen LogP contribution is -2.49. The van der Waals surface area contributed by atoms with Gasteiger partial charge in [-0.15, -0.1) is 0 Å². The number of amides is 3. The SMILES string of the molecule is Cc1ncnc(C)c1C(=O)N1CC2CN(CCC(c3ccccc3)C3CCN(C(=O)OC4(C(N)=O)CCCC4)CC3)CC2C1. The van der Waals surface area contributed by atoms with E-state index >= 15 is 0 Å². The summed E-state index contributed by atoms with van der Waals surface area (Å²) < 4.78 is 5.77. The molecule has 236 valence electrons. The van der Waals surface area contributed by atoms with Crippen LogP contribution in [0.5, 0.6) is 0 Å². The average molecular weight is 603 g/mol. The van der Waals surface area contributed by atoms with Crippen molar-refractivity contribution in [2.45, 2.75) is 70.3 Å². The number of ether oxygens (including phenoxy) is 1. The molecule has 0 bridgehead atoms. The fourth-order valence-corrected chi connectivity index (χ4v) is 8.26. The van der Waals surface area contributed by atoms with Gasteiger partial charge in [-0.2, -0.15) is 0 Å². The van der Waals surface area contributed by atoms with Crippen molar-refractivity contribution in [3.8, 4) is 0 Å². The minimum absolute atomic E-state index is 0.0638. The summed E-state index contributed by atoms with van der Waals surface area (Å²) in [5.74, 6) is 1.41. The van der Waals surface area contributed by atoms with Crippen molar-refractivity contribution < 1.29 is 19.1 Å². The summed E-state index contributed by atoms with van der Waals surface area (Å²) in [6, 6.07) is 10.8. The van der Waals surface area contributed by atoms with E-state index in [-0.39, 0.29) is 5.91 Å². The second-order valence-corrected chi connectivity index (χ2v) is 13.5. The fraction of sp³-hybridized carbons (Fsp3) is 0.618. The van der Waals surface area contributed by atoms with Gasteiger partial charge in [0.05, 0.1) is 17.0 Å². The van der Waals surface area contributed by atoms with Gasteiger partial charge in [0.15, 0.2) is 5.60 Å². The van der Waals surface area contributed by atoms with Gasteiger partial charge < -0.3 is 25.2 Å². The third-order valence-electron chi connectivity index (χ3n) is 10.8. The minimum atomic E-state index is -1.13. The van der Waals surface area contributed by atoms with Crippen molar-refractivity contribution in [1.29, 1.82) is 0 Å². The lowest BCUT2D eigenvalue weighted by atomic mass is 9.78. The first-order valence-electron chi connectivity index (χ1n) is 16.4. The summed E-state index contributed by atoms with van der Waals surface area (Å²) in [4.78, 5) is 53.4. The van der Waals surface area contributed by atoms with Crippen molar-refractivity contribution in [1.82, 2.24) is 24.7 Å². The zero-order valence-corrected chi connectivity index (χ0v) is 26.1. The Bertz CT molecular complexity index is 1320. The van der Waals surface area contributed by atoms with Gasteiger partial charge in [-0.25, -0.2) is 14.8 Å². The molecule has 3 atom stereocenters. The van der Waals surface area contributed by atoms with Crippen LogP contribution < -0.4 is 5.73 Å². The van der Waals surface area contributed by atoms with Crippen molar-refractivity contribution in [3.05, 3.63) is 59.2 Å². The third-order valence-corrected chi connectivity index (χ3v) is 10.8. The van der Waals surface area contributed by atoms with E-state index in [2.05, 4.69) is 45.2 Å². The molecule has 4 aliphatic rings. The number of piperidine rings is 1. The number of carbonyl (C=O) groups is 3. The second kappa shape index (κ2) is 12.8. The number of nitrogens with two attached hydrogens (primary N) is 1. The van der Waals surface area contributed by atoms with Crippen molar-refractivity contribution in [2.24, 2.45) is 23.5 Å². The number of rotatable bonds is 8. The summed E-state index contributed by atoms with van der Waals surface area (Å²) in [6.45, 7) is 9.67. The number of aryl methyl sites for hydroxylation is 2. The van der Waals surface area contributed by atoms with Crippen molar-refractivity contribution in [2.75, 3.05) is 45.8 Å². The summed E-state index contributed by atoms with van der Waals surface area (Å²) in [5.41, 5.74) is 8.03. The predicted octanol–water partition coefficient (Wildman–Crippen LogP) is 3.92. The van der Waals surface area contributed by atoms with Crippen LogP contribution in [0.1, 0.15) is 78.2 Å². The second-order valence-electron chi connectivity index (χ2n) is 13.5. The van der Waals surface area contributed by atoms with Crippen LogP contribution in [0.4, 0.5) is 4.79 Å². The molecule has 1 aromatic carbocycles. The predicted molar refractivity (Wildman–Crippen MR) is 166 cm³/mol. The molecule has 1 aliphatic carbocycles. The van der Waals surface area contributed by atoms with Crippen LogP contribution >= 0.6 is 0 Å². The molecule has 44 heavy (non-hydrogen) atoms. The van der Waals surface area contributed by atoms with Crippen molar-refractivity contribution in [3.63, 3.8) is 0 Å². The topological polar surface area (TPSA) is 122 Å². The highest BCUT2D eigenvalue weighted by Crippen LogP contribution is 2.39. The Morgan fingerprint density at radius 3 is 2.14 bits per heavy atom. The average Bonchev–Trinajstić information content (AvgIpc) is 3.74. The van der Waals surface area contributed by atoms with Gasteiger partial charge in [-0.1, -0.05) is 30.3 Å². The summed E-state index contributed by atoms with van der Waals surface area (Å²) in [5, 5.41) is 0. The van der Waals surface area contributed by atoms with E-state index in [0.717, 1.165) is 76.2 Å². The smallest absolute Gasteiger partial charge is 0.410 e. The lowest BCUT2D eigenvalue weighted by molar-refractivity contribution is -0.137. The lowest BCUT2D eigenvalue weighted by Gasteiger charge is -2.38. The van der Waals surface area contributed by atoms with E-state index in [1.54, 1.807) is 4.90 Å². The first-order chi connectivity index (χ1) is 21.2. The van der Waals surface area contributed by atoms with Crippen molar-refractivity contribution >= 4 is 17.9 Å². The molecule has 2 aromatic rings. The van der Waals surface area contributed by atoms with E-state index in [1.807, 2.05) is 18.7 Å². The van der Waals surface area contributed by atoms with Crippen LogP contribution in [0, 0.1) is 31.6 Å². The summed E-state index contributed by atoms with van der Waals surface area (Å²) in [6.07, 6.45) is 6.75. The van der Waals surface area contributed by atoms with Gasteiger partial charge in [-0.05, 0) is 94.6 Å². The molecule has 0 spiro atoms. The highest BCUT2D eigenvalue weighted by atomic mass is 16.6. The number of benzene rings is 1. The standard InChI is InChI=1S/C34H46N6O4/c1-23-30(24(2)37-22-36-23)31(41)40-20-27-18-38(19-28(27)21-40)15-12-29(25-8-4-3-5-9-25)26-10-16-39(17-11-26)33(43)44-34(32(35)42)13-6-7-14-34/h3-5,8-9,22,26-29H,6-7,10-21H2,1-2H3,(H2,35,42). The third kappa shape index (κ3) is 6.18. The molecule has 4 heterocycles. The Morgan fingerprint density at radius 1 is 0.932 bits per heavy atom. The molecule has 0 radical (unpaired) electrons. The Balaban J connectivity index is 1.03. The number of hydrogen-bond donors (Lipinski definition) is 1. The Kier molecular flexibility index (Phi) is 8.89. The quantitative estimate of drug-likeness (QED) is 0.486. The van der Waals surface area contributed by atoms with Crippen LogP contribution in [-0.2, 0) is 9.53 Å². The molecule has 1 saturated carbocycles. The zero-order chi connectivity index (χ0) is 30.8. The van der Waals surface area contributed by atoms with Gasteiger partial charge in [0.25, 0.3) is 11.8 Å².